The van der Waals surface area contributed by atoms with E-state index in [2.05, 4.69) is 30.6 Å². The van der Waals surface area contributed by atoms with Gasteiger partial charge in [-0.15, -0.1) is 11.3 Å². The van der Waals surface area contributed by atoms with Gasteiger partial charge in [-0.1, -0.05) is 26.8 Å². The van der Waals surface area contributed by atoms with Crippen molar-refractivity contribution in [2.24, 2.45) is 5.92 Å². The van der Waals surface area contributed by atoms with Crippen LogP contribution >= 0.6 is 11.3 Å². The number of hydrogen-bond acceptors (Lipinski definition) is 4. The number of nitrogens with one attached hydrogen (secondary N) is 1. The molecule has 0 amide bonds. The molecule has 0 fully saturated rings. The van der Waals surface area contributed by atoms with Crippen LogP contribution in [-0.4, -0.2) is 14.2 Å². The fraction of sp³-hybridized carbons (Fsp3) is 0.375. The Morgan fingerprint density at radius 1 is 1.14 bits per heavy atom. The quantitative estimate of drug-likeness (QED) is 0.859. The van der Waals surface area contributed by atoms with Gasteiger partial charge in [-0.3, -0.25) is 0 Å². The molecule has 1 heterocycles. The van der Waals surface area contributed by atoms with E-state index in [0.717, 1.165) is 5.69 Å². The highest BCUT2D eigenvalue weighted by atomic mass is 32.2. The summed E-state index contributed by atoms with van der Waals surface area (Å²) in [6.07, 6.45) is 0. The van der Waals surface area contributed by atoms with E-state index in [-0.39, 0.29) is 11.8 Å². The van der Waals surface area contributed by atoms with E-state index in [1.807, 2.05) is 18.2 Å². The van der Waals surface area contributed by atoms with Gasteiger partial charge in [-0.25, -0.2) is 8.42 Å². The maximum Gasteiger partial charge on any atom is 0.178 e. The maximum absolute atomic E-state index is 11.8. The summed E-state index contributed by atoms with van der Waals surface area (Å²) in [6, 6.07) is 11.4. The van der Waals surface area contributed by atoms with Crippen LogP contribution in [0.3, 0.4) is 0 Å². The molecule has 0 bridgehead atoms. The second kappa shape index (κ2) is 6.62. The van der Waals surface area contributed by atoms with E-state index >= 15 is 0 Å². The molecule has 0 aliphatic rings. The Morgan fingerprint density at radius 3 is 2.29 bits per heavy atom. The summed E-state index contributed by atoms with van der Waals surface area (Å²) >= 11 is 1.73. The van der Waals surface area contributed by atoms with Crippen molar-refractivity contribution < 1.29 is 8.42 Å². The molecule has 1 aromatic heterocycles. The van der Waals surface area contributed by atoms with Gasteiger partial charge in [0.25, 0.3) is 0 Å². The van der Waals surface area contributed by atoms with Gasteiger partial charge in [0.2, 0.25) is 0 Å². The molecule has 0 aliphatic carbocycles. The van der Waals surface area contributed by atoms with E-state index in [1.54, 1.807) is 30.4 Å². The van der Waals surface area contributed by atoms with Crippen molar-refractivity contribution in [1.82, 2.24) is 0 Å². The first-order valence-electron chi connectivity index (χ1n) is 7.07. The topological polar surface area (TPSA) is 46.2 Å². The zero-order valence-corrected chi connectivity index (χ0v) is 14.2. The van der Waals surface area contributed by atoms with Crippen LogP contribution in [0.5, 0.6) is 0 Å². The molecule has 1 atom stereocenters. The molecule has 3 nitrogen and oxygen atoms in total. The number of rotatable bonds is 6. The molecular formula is C16H21NO2S2. The predicted octanol–water partition coefficient (Wildman–Crippen LogP) is 4.35. The Bertz CT molecular complexity index is 659. The number of thiophene rings is 1. The Hall–Kier alpha value is -1.33. The van der Waals surface area contributed by atoms with Crippen LogP contribution in [0, 0.1) is 5.92 Å². The van der Waals surface area contributed by atoms with Crippen LogP contribution in [0.2, 0.25) is 0 Å². The Labute approximate surface area is 130 Å². The first kappa shape index (κ1) is 16.0. The van der Waals surface area contributed by atoms with Gasteiger partial charge in [0.1, 0.15) is 0 Å². The van der Waals surface area contributed by atoms with Gasteiger partial charge in [0.15, 0.2) is 9.84 Å². The Morgan fingerprint density at radius 2 is 1.81 bits per heavy atom. The third-order valence-electron chi connectivity index (χ3n) is 3.43. The van der Waals surface area contributed by atoms with Crippen molar-refractivity contribution in [3.05, 3.63) is 46.7 Å². The number of hydrogen-bond donors (Lipinski definition) is 1. The largest absolute Gasteiger partial charge is 0.377 e. The minimum absolute atomic E-state index is 0.129. The van der Waals surface area contributed by atoms with E-state index < -0.39 is 9.84 Å². The molecule has 114 valence electrons. The monoisotopic (exact) mass is 323 g/mol. The molecule has 1 aromatic carbocycles. The smallest absolute Gasteiger partial charge is 0.178 e. The lowest BCUT2D eigenvalue weighted by atomic mass is 10.0. The lowest BCUT2D eigenvalue weighted by Gasteiger charge is -2.22. The Balaban J connectivity index is 2.19. The molecule has 0 radical (unpaired) electrons. The molecule has 1 unspecified atom stereocenters. The summed E-state index contributed by atoms with van der Waals surface area (Å²) in [7, 11) is -3.13. The highest BCUT2D eigenvalue weighted by Gasteiger charge is 2.17. The van der Waals surface area contributed by atoms with Crippen LogP contribution in [0.1, 0.15) is 31.7 Å². The fourth-order valence-electron chi connectivity index (χ4n) is 2.14. The summed E-state index contributed by atoms with van der Waals surface area (Å²) in [5.74, 6) is 0.576. The van der Waals surface area contributed by atoms with Gasteiger partial charge in [0.05, 0.1) is 16.7 Å². The summed E-state index contributed by atoms with van der Waals surface area (Å²) in [4.78, 5) is 1.67. The van der Waals surface area contributed by atoms with Crippen LogP contribution in [0.4, 0.5) is 5.69 Å². The zero-order chi connectivity index (χ0) is 15.5. The van der Waals surface area contributed by atoms with Crippen LogP contribution in [-0.2, 0) is 9.84 Å². The van der Waals surface area contributed by atoms with E-state index in [4.69, 9.17) is 0 Å². The van der Waals surface area contributed by atoms with Crippen molar-refractivity contribution in [3.63, 3.8) is 0 Å². The fourth-order valence-corrected chi connectivity index (χ4v) is 3.97. The Kier molecular flexibility index (Phi) is 5.06. The third kappa shape index (κ3) is 3.86. The molecule has 21 heavy (non-hydrogen) atoms. The summed E-state index contributed by atoms with van der Waals surface area (Å²) < 4.78 is 23.6. The van der Waals surface area contributed by atoms with Crippen molar-refractivity contribution in [2.45, 2.75) is 31.7 Å². The minimum atomic E-state index is -3.13. The molecule has 0 saturated heterocycles. The van der Waals surface area contributed by atoms with Gasteiger partial charge < -0.3 is 5.32 Å². The molecule has 0 aliphatic heterocycles. The van der Waals surface area contributed by atoms with Gasteiger partial charge >= 0.3 is 0 Å². The van der Waals surface area contributed by atoms with E-state index in [9.17, 15) is 8.42 Å². The first-order valence-corrected chi connectivity index (χ1v) is 9.60. The molecule has 0 saturated carbocycles. The van der Waals surface area contributed by atoms with Crippen LogP contribution in [0.15, 0.2) is 46.7 Å². The molecule has 2 aromatic rings. The van der Waals surface area contributed by atoms with Crippen molar-refractivity contribution in [3.8, 4) is 0 Å². The van der Waals surface area contributed by atoms with Crippen molar-refractivity contribution in [2.75, 3.05) is 11.1 Å². The summed E-state index contributed by atoms with van der Waals surface area (Å²) in [5.41, 5.74) is 0.942. The highest BCUT2D eigenvalue weighted by Crippen LogP contribution is 2.30. The molecular weight excluding hydrogens is 302 g/mol. The van der Waals surface area contributed by atoms with Crippen molar-refractivity contribution >= 4 is 26.9 Å². The highest BCUT2D eigenvalue weighted by molar-refractivity contribution is 7.91. The first-order chi connectivity index (χ1) is 9.94. The third-order valence-corrected chi connectivity index (χ3v) is 6.14. The zero-order valence-electron chi connectivity index (χ0n) is 12.5. The SMILES string of the molecule is CCS(=O)(=O)c1ccc(NC(c2cccs2)C(C)C)cc1. The number of anilines is 1. The van der Waals surface area contributed by atoms with Gasteiger partial charge in [-0.2, -0.15) is 0 Å². The molecule has 5 heteroatoms. The average Bonchev–Trinajstić information content (AvgIpc) is 2.98. The van der Waals surface area contributed by atoms with E-state index in [1.165, 1.54) is 4.88 Å². The second-order valence-corrected chi connectivity index (χ2v) is 8.57. The average molecular weight is 323 g/mol. The normalized spacial score (nSPS) is 13.3. The molecule has 1 N–H and O–H groups in total. The maximum atomic E-state index is 11.8. The molecule has 0 spiro atoms. The number of sulfone groups is 1. The predicted molar refractivity (Wildman–Crippen MR) is 89.7 cm³/mol. The van der Waals surface area contributed by atoms with E-state index in [0.29, 0.717) is 10.8 Å². The lowest BCUT2D eigenvalue weighted by molar-refractivity contribution is 0.554. The van der Waals surface area contributed by atoms with Crippen molar-refractivity contribution in [1.29, 1.82) is 0 Å². The number of benzene rings is 1. The standard InChI is InChI=1S/C16H21NO2S2/c1-4-21(18,19)14-9-7-13(8-10-14)17-16(12(2)3)15-6-5-11-20-15/h5-12,16-17H,4H2,1-3H3. The van der Waals surface area contributed by atoms with Gasteiger partial charge in [-0.05, 0) is 41.6 Å². The van der Waals surface area contributed by atoms with Gasteiger partial charge in [0, 0.05) is 10.6 Å². The minimum Gasteiger partial charge on any atom is -0.377 e. The summed E-state index contributed by atoms with van der Waals surface area (Å²) in [6.45, 7) is 6.01. The van der Waals surface area contributed by atoms with Crippen LogP contribution < -0.4 is 5.32 Å². The lowest BCUT2D eigenvalue weighted by Crippen LogP contribution is -2.15. The van der Waals surface area contributed by atoms with Crippen LogP contribution in [0.25, 0.3) is 0 Å². The molecule has 2 rings (SSSR count). The summed E-state index contributed by atoms with van der Waals surface area (Å²) in [5, 5.41) is 5.57. The second-order valence-electron chi connectivity index (χ2n) is 5.31.